The van der Waals surface area contributed by atoms with Crippen molar-refractivity contribution < 1.29 is 4.79 Å². The van der Waals surface area contributed by atoms with Crippen molar-refractivity contribution in [1.82, 2.24) is 25.3 Å². The smallest absolute Gasteiger partial charge is 0.279 e. The maximum absolute atomic E-state index is 12.1. The molecule has 3 heterocycles. The number of aryl methyl sites for hydroxylation is 1. The van der Waals surface area contributed by atoms with Crippen molar-refractivity contribution in [3.05, 3.63) is 34.2 Å². The molecule has 0 radical (unpaired) electrons. The predicted molar refractivity (Wildman–Crippen MR) is 76.6 cm³/mol. The molecule has 104 valence electrons. The van der Waals surface area contributed by atoms with Crippen LogP contribution in [0.5, 0.6) is 0 Å². The van der Waals surface area contributed by atoms with Crippen LogP contribution in [0.1, 0.15) is 22.1 Å². The van der Waals surface area contributed by atoms with Gasteiger partial charge in [0.25, 0.3) is 5.91 Å². The van der Waals surface area contributed by atoms with E-state index in [0.717, 1.165) is 23.1 Å². The van der Waals surface area contributed by atoms with Crippen molar-refractivity contribution in [1.29, 1.82) is 0 Å². The molecule has 8 heteroatoms. The molecule has 20 heavy (non-hydrogen) atoms. The monoisotopic (exact) mass is 336 g/mol. The van der Waals surface area contributed by atoms with Gasteiger partial charge in [-0.15, -0.1) is 5.10 Å². The van der Waals surface area contributed by atoms with Gasteiger partial charge in [0.05, 0.1) is 12.2 Å². The van der Waals surface area contributed by atoms with E-state index in [4.69, 9.17) is 0 Å². The third-order valence-electron chi connectivity index (χ3n) is 3.15. The molecule has 0 atom stereocenters. The lowest BCUT2D eigenvalue weighted by atomic mass is 10.2. The fourth-order valence-electron chi connectivity index (χ4n) is 1.86. The van der Waals surface area contributed by atoms with E-state index in [1.54, 1.807) is 17.1 Å². The Morgan fingerprint density at radius 1 is 1.55 bits per heavy atom. The standard InChI is InChI=1S/C12H13BrN6O/c1-7-2-8(13)3-15-11(7)16-12(20)10-6-19(18-17-10)9-4-14-5-9/h2-3,6,9,14H,4-5H2,1H3,(H,15,16,20). The van der Waals surface area contributed by atoms with Crippen LogP contribution >= 0.6 is 15.9 Å². The summed E-state index contributed by atoms with van der Waals surface area (Å²) in [5, 5.41) is 13.8. The first kappa shape index (κ1) is 13.2. The van der Waals surface area contributed by atoms with Gasteiger partial charge >= 0.3 is 0 Å². The number of nitrogens with zero attached hydrogens (tertiary/aromatic N) is 4. The Morgan fingerprint density at radius 3 is 3.00 bits per heavy atom. The van der Waals surface area contributed by atoms with Gasteiger partial charge in [0, 0.05) is 23.8 Å². The third kappa shape index (κ3) is 2.56. The highest BCUT2D eigenvalue weighted by Gasteiger charge is 2.21. The Labute approximate surface area is 123 Å². The van der Waals surface area contributed by atoms with Crippen molar-refractivity contribution in [2.75, 3.05) is 18.4 Å². The molecule has 1 fully saturated rings. The van der Waals surface area contributed by atoms with E-state index in [9.17, 15) is 4.79 Å². The minimum absolute atomic E-state index is 0.289. The fourth-order valence-corrected chi connectivity index (χ4v) is 2.31. The number of pyridine rings is 1. The number of rotatable bonds is 3. The lowest BCUT2D eigenvalue weighted by Gasteiger charge is -2.26. The van der Waals surface area contributed by atoms with Gasteiger partial charge in [-0.05, 0) is 34.5 Å². The number of anilines is 1. The number of nitrogens with one attached hydrogen (secondary N) is 2. The second-order valence-corrected chi connectivity index (χ2v) is 5.58. The summed E-state index contributed by atoms with van der Waals surface area (Å²) in [6, 6.07) is 2.18. The van der Waals surface area contributed by atoms with E-state index < -0.39 is 0 Å². The van der Waals surface area contributed by atoms with Crippen LogP contribution in [-0.4, -0.2) is 39.0 Å². The molecule has 0 aliphatic carbocycles. The minimum atomic E-state index is -0.304. The zero-order valence-corrected chi connectivity index (χ0v) is 12.4. The van der Waals surface area contributed by atoms with Crippen LogP contribution in [0.4, 0.5) is 5.82 Å². The van der Waals surface area contributed by atoms with Crippen molar-refractivity contribution in [3.8, 4) is 0 Å². The largest absolute Gasteiger partial charge is 0.312 e. The normalized spacial score (nSPS) is 14.9. The highest BCUT2D eigenvalue weighted by atomic mass is 79.9. The number of carbonyl (C=O) groups is 1. The van der Waals surface area contributed by atoms with Crippen LogP contribution in [0.3, 0.4) is 0 Å². The van der Waals surface area contributed by atoms with E-state index in [0.29, 0.717) is 11.5 Å². The van der Waals surface area contributed by atoms with Crippen LogP contribution in [0.15, 0.2) is 22.9 Å². The van der Waals surface area contributed by atoms with E-state index in [-0.39, 0.29) is 11.9 Å². The quantitative estimate of drug-likeness (QED) is 0.877. The first-order chi connectivity index (χ1) is 9.63. The SMILES string of the molecule is Cc1cc(Br)cnc1NC(=O)c1cn(C2CNC2)nn1. The maximum Gasteiger partial charge on any atom is 0.279 e. The Morgan fingerprint density at radius 2 is 2.35 bits per heavy atom. The number of hydrogen-bond acceptors (Lipinski definition) is 5. The molecule has 0 unspecified atom stereocenters. The second kappa shape index (κ2) is 5.29. The van der Waals surface area contributed by atoms with Gasteiger partial charge in [0.15, 0.2) is 5.69 Å². The summed E-state index contributed by atoms with van der Waals surface area (Å²) in [6.07, 6.45) is 3.30. The average molecular weight is 337 g/mol. The molecule has 2 aromatic heterocycles. The lowest BCUT2D eigenvalue weighted by Crippen LogP contribution is -2.43. The summed E-state index contributed by atoms with van der Waals surface area (Å²) in [5.74, 6) is 0.222. The molecular weight excluding hydrogens is 324 g/mol. The number of carbonyl (C=O) groups excluding carboxylic acids is 1. The molecule has 1 amide bonds. The minimum Gasteiger partial charge on any atom is -0.312 e. The van der Waals surface area contributed by atoms with Gasteiger partial charge in [-0.2, -0.15) is 0 Å². The highest BCUT2D eigenvalue weighted by molar-refractivity contribution is 9.10. The van der Waals surface area contributed by atoms with E-state index in [2.05, 4.69) is 41.9 Å². The van der Waals surface area contributed by atoms with Gasteiger partial charge in [-0.3, -0.25) is 4.79 Å². The first-order valence-corrected chi connectivity index (χ1v) is 6.99. The molecule has 1 saturated heterocycles. The number of amides is 1. The summed E-state index contributed by atoms with van der Waals surface area (Å²) < 4.78 is 2.59. The lowest BCUT2D eigenvalue weighted by molar-refractivity contribution is 0.102. The summed E-state index contributed by atoms with van der Waals surface area (Å²) in [6.45, 7) is 3.60. The topological polar surface area (TPSA) is 84.7 Å². The van der Waals surface area contributed by atoms with Gasteiger partial charge in [0.2, 0.25) is 0 Å². The molecule has 7 nitrogen and oxygen atoms in total. The van der Waals surface area contributed by atoms with Crippen molar-refractivity contribution in [2.45, 2.75) is 13.0 Å². The predicted octanol–water partition coefficient (Wildman–Crippen LogP) is 1.14. The number of aromatic nitrogens is 4. The summed E-state index contributed by atoms with van der Waals surface area (Å²) in [5.41, 5.74) is 1.17. The molecular formula is C12H13BrN6O. The van der Waals surface area contributed by atoms with Gasteiger partial charge in [-0.1, -0.05) is 5.21 Å². The Hall–Kier alpha value is -1.80. The fraction of sp³-hybridized carbons (Fsp3) is 0.333. The highest BCUT2D eigenvalue weighted by Crippen LogP contribution is 2.17. The molecule has 3 rings (SSSR count). The van der Waals surface area contributed by atoms with Crippen molar-refractivity contribution in [2.24, 2.45) is 0 Å². The second-order valence-electron chi connectivity index (χ2n) is 4.67. The summed E-state index contributed by atoms with van der Waals surface area (Å²) in [4.78, 5) is 16.3. The van der Waals surface area contributed by atoms with Crippen molar-refractivity contribution in [3.63, 3.8) is 0 Å². The molecule has 2 N–H and O–H groups in total. The zero-order valence-electron chi connectivity index (χ0n) is 10.8. The third-order valence-corrected chi connectivity index (χ3v) is 3.59. The Bertz CT molecular complexity index is 651. The molecule has 0 bridgehead atoms. The molecule has 0 saturated carbocycles. The molecule has 1 aliphatic heterocycles. The zero-order chi connectivity index (χ0) is 14.1. The van der Waals surface area contributed by atoms with Crippen LogP contribution in [0.2, 0.25) is 0 Å². The van der Waals surface area contributed by atoms with Crippen LogP contribution < -0.4 is 10.6 Å². The number of hydrogen-bond donors (Lipinski definition) is 2. The maximum atomic E-state index is 12.1. The molecule has 2 aromatic rings. The van der Waals surface area contributed by atoms with Gasteiger partial charge in [-0.25, -0.2) is 9.67 Å². The van der Waals surface area contributed by atoms with E-state index in [1.807, 2.05) is 13.0 Å². The Balaban J connectivity index is 1.73. The van der Waals surface area contributed by atoms with Crippen LogP contribution in [0.25, 0.3) is 0 Å². The summed E-state index contributed by atoms with van der Waals surface area (Å²) in [7, 11) is 0. The molecule has 0 aromatic carbocycles. The van der Waals surface area contributed by atoms with Gasteiger partial charge in [0.1, 0.15) is 5.82 Å². The first-order valence-electron chi connectivity index (χ1n) is 6.19. The summed E-state index contributed by atoms with van der Waals surface area (Å²) >= 11 is 3.33. The number of halogens is 1. The van der Waals surface area contributed by atoms with Gasteiger partial charge < -0.3 is 10.6 Å². The van der Waals surface area contributed by atoms with E-state index in [1.165, 1.54) is 0 Å². The van der Waals surface area contributed by atoms with Crippen LogP contribution in [-0.2, 0) is 0 Å². The van der Waals surface area contributed by atoms with Crippen LogP contribution in [0, 0.1) is 6.92 Å². The average Bonchev–Trinajstić information content (AvgIpc) is 2.80. The Kier molecular flexibility index (Phi) is 3.49. The molecule has 0 spiro atoms. The van der Waals surface area contributed by atoms with Crippen molar-refractivity contribution >= 4 is 27.7 Å². The molecule has 1 aliphatic rings. The van der Waals surface area contributed by atoms with E-state index >= 15 is 0 Å².